The van der Waals surface area contributed by atoms with E-state index in [2.05, 4.69) is 10.1 Å². The Morgan fingerprint density at radius 3 is 2.86 bits per heavy atom. The zero-order valence-corrected chi connectivity index (χ0v) is 11.4. The largest absolute Gasteiger partial charge is 0.415 e. The van der Waals surface area contributed by atoms with Gasteiger partial charge in [0.15, 0.2) is 11.8 Å². The molecule has 0 spiro atoms. The van der Waals surface area contributed by atoms with Crippen LogP contribution < -0.4 is 5.56 Å². The highest BCUT2D eigenvalue weighted by Crippen LogP contribution is 2.20. The number of nitrogens with one attached hydrogen (secondary N) is 1. The molecule has 22 heavy (non-hydrogen) atoms. The van der Waals surface area contributed by atoms with E-state index in [0.717, 1.165) is 10.6 Å². The van der Waals surface area contributed by atoms with Crippen LogP contribution >= 0.6 is 0 Å². The molecule has 2 N–H and O–H groups in total. The van der Waals surface area contributed by atoms with Gasteiger partial charge in [-0.3, -0.25) is 14.8 Å². The van der Waals surface area contributed by atoms with Gasteiger partial charge in [0, 0.05) is 25.4 Å². The van der Waals surface area contributed by atoms with Crippen molar-refractivity contribution in [3.05, 3.63) is 33.9 Å². The molecule has 1 unspecified atom stereocenters. The van der Waals surface area contributed by atoms with Gasteiger partial charge in [0.25, 0.3) is 5.56 Å². The first-order chi connectivity index (χ1) is 10.2. The van der Waals surface area contributed by atoms with Crippen LogP contribution in [-0.4, -0.2) is 50.5 Å². The van der Waals surface area contributed by atoms with E-state index in [4.69, 9.17) is 10.4 Å². The molecule has 10 heteroatoms. The number of halogens is 3. The number of aliphatic hydroxyl groups is 1. The first-order valence-corrected chi connectivity index (χ1v) is 6.16. The van der Waals surface area contributed by atoms with Crippen LogP contribution in [0.3, 0.4) is 0 Å². The number of H-pyrrole nitrogens is 1. The van der Waals surface area contributed by atoms with Gasteiger partial charge in [-0.1, -0.05) is 0 Å². The Morgan fingerprint density at radius 2 is 2.27 bits per heavy atom. The summed E-state index contributed by atoms with van der Waals surface area (Å²) in [6.45, 7) is -0.724. The van der Waals surface area contributed by atoms with Crippen LogP contribution in [0.2, 0.25) is 0 Å². The van der Waals surface area contributed by atoms with Crippen molar-refractivity contribution in [1.29, 1.82) is 5.26 Å². The molecule has 0 aliphatic rings. The molecular weight excluding hydrogens is 303 g/mol. The van der Waals surface area contributed by atoms with E-state index in [1.54, 1.807) is 0 Å². The monoisotopic (exact) mass is 315 g/mol. The van der Waals surface area contributed by atoms with Gasteiger partial charge in [-0.05, 0) is 7.05 Å². The average Bonchev–Trinajstić information content (AvgIpc) is 2.80. The summed E-state index contributed by atoms with van der Waals surface area (Å²) in [7, 11) is 1.36. The number of hydrogen-bond donors (Lipinski definition) is 2. The Labute approximate surface area is 122 Å². The first kappa shape index (κ1) is 16.0. The number of hydrogen-bond acceptors (Lipinski definition) is 5. The molecule has 2 heterocycles. The third-order valence-corrected chi connectivity index (χ3v) is 2.97. The van der Waals surface area contributed by atoms with Crippen molar-refractivity contribution in [2.24, 2.45) is 0 Å². The quantitative estimate of drug-likeness (QED) is 0.843. The molecular formula is C12H12F3N5O2. The van der Waals surface area contributed by atoms with Crippen LogP contribution in [0, 0.1) is 11.3 Å². The molecule has 0 saturated heterocycles. The normalized spacial score (nSPS) is 13.5. The Hall–Kier alpha value is -2.38. The highest BCUT2D eigenvalue weighted by molar-refractivity contribution is 5.53. The first-order valence-electron chi connectivity index (χ1n) is 6.16. The summed E-state index contributed by atoms with van der Waals surface area (Å²) in [5, 5.41) is 20.5. The number of nitrogens with zero attached hydrogens (tertiary/aromatic N) is 4. The number of aromatic nitrogens is 3. The summed E-state index contributed by atoms with van der Waals surface area (Å²) in [5.74, 6) is 0. The fourth-order valence-electron chi connectivity index (χ4n) is 1.93. The Balaban J connectivity index is 2.22. The summed E-state index contributed by atoms with van der Waals surface area (Å²) in [5.41, 5.74) is -0.0176. The van der Waals surface area contributed by atoms with Crippen molar-refractivity contribution < 1.29 is 18.3 Å². The maximum Gasteiger partial charge on any atom is 0.415 e. The van der Waals surface area contributed by atoms with Gasteiger partial charge >= 0.3 is 6.18 Å². The summed E-state index contributed by atoms with van der Waals surface area (Å²) >= 11 is 0. The smallest absolute Gasteiger partial charge is 0.382 e. The van der Waals surface area contributed by atoms with Crippen molar-refractivity contribution >= 4 is 5.65 Å². The fourth-order valence-corrected chi connectivity index (χ4v) is 1.93. The molecule has 0 aliphatic carbocycles. The van der Waals surface area contributed by atoms with Gasteiger partial charge < -0.3 is 5.11 Å². The van der Waals surface area contributed by atoms with Crippen molar-refractivity contribution in [1.82, 2.24) is 19.5 Å². The predicted molar refractivity (Wildman–Crippen MR) is 68.9 cm³/mol. The van der Waals surface area contributed by atoms with E-state index in [-0.39, 0.29) is 23.4 Å². The zero-order valence-electron chi connectivity index (χ0n) is 11.4. The van der Waals surface area contributed by atoms with Crippen LogP contribution in [0.25, 0.3) is 5.65 Å². The maximum atomic E-state index is 12.3. The fraction of sp³-hybridized carbons (Fsp3) is 0.417. The van der Waals surface area contributed by atoms with Crippen LogP contribution in [0.5, 0.6) is 0 Å². The average molecular weight is 315 g/mol. The molecule has 2 rings (SSSR count). The van der Waals surface area contributed by atoms with Gasteiger partial charge in [-0.25, -0.2) is 9.50 Å². The molecule has 0 saturated carbocycles. The Morgan fingerprint density at radius 1 is 1.59 bits per heavy atom. The second-order valence-electron chi connectivity index (χ2n) is 4.80. The molecule has 1 atom stereocenters. The number of aromatic amines is 1. The van der Waals surface area contributed by atoms with Crippen LogP contribution in [-0.2, 0) is 6.54 Å². The summed E-state index contributed by atoms with van der Waals surface area (Å²) < 4.78 is 37.9. The standard InChI is InChI=1S/C12H12F3N5O2/c1-19(6-9(21)12(13,14)15)5-8-2-10(22)20-11(18-8)7(3-16)4-17-20/h2,4,9,17,21H,5-6H2,1H3. The number of nitriles is 1. The Kier molecular flexibility index (Phi) is 4.20. The van der Waals surface area contributed by atoms with Crippen LogP contribution in [0.1, 0.15) is 11.3 Å². The summed E-state index contributed by atoms with van der Waals surface area (Å²) in [6, 6.07) is 3.01. The van der Waals surface area contributed by atoms with E-state index < -0.39 is 24.4 Å². The number of alkyl halides is 3. The lowest BCUT2D eigenvalue weighted by Crippen LogP contribution is -2.39. The van der Waals surface area contributed by atoms with Crippen molar-refractivity contribution in [3.63, 3.8) is 0 Å². The lowest BCUT2D eigenvalue weighted by atomic mass is 10.3. The molecule has 2 aromatic heterocycles. The molecule has 0 aliphatic heterocycles. The zero-order chi connectivity index (χ0) is 16.5. The SMILES string of the molecule is CN(Cc1cc(=O)n2[nH]cc(C#N)c2n1)CC(O)C(F)(F)F. The lowest BCUT2D eigenvalue weighted by molar-refractivity contribution is -0.207. The van der Waals surface area contributed by atoms with E-state index in [0.29, 0.717) is 0 Å². The van der Waals surface area contributed by atoms with E-state index in [1.165, 1.54) is 18.1 Å². The molecule has 7 nitrogen and oxygen atoms in total. The van der Waals surface area contributed by atoms with Crippen LogP contribution in [0.15, 0.2) is 17.1 Å². The minimum absolute atomic E-state index is 0.0745. The summed E-state index contributed by atoms with van der Waals surface area (Å²) in [4.78, 5) is 17.1. The van der Waals surface area contributed by atoms with Gasteiger partial charge in [-0.15, -0.1) is 0 Å². The number of fused-ring (bicyclic) bond motifs is 1. The predicted octanol–water partition coefficient (Wildman–Crippen LogP) is 0.249. The van der Waals surface area contributed by atoms with Gasteiger partial charge in [0.05, 0.1) is 5.69 Å². The molecule has 0 fully saturated rings. The molecule has 0 aromatic carbocycles. The number of aliphatic hydroxyl groups excluding tert-OH is 1. The molecule has 118 valence electrons. The summed E-state index contributed by atoms with van der Waals surface area (Å²) in [6.07, 6.45) is -5.88. The van der Waals surface area contributed by atoms with E-state index >= 15 is 0 Å². The Bertz CT molecular complexity index is 774. The second-order valence-corrected chi connectivity index (χ2v) is 4.80. The molecule has 0 bridgehead atoms. The minimum Gasteiger partial charge on any atom is -0.382 e. The van der Waals surface area contributed by atoms with E-state index in [9.17, 15) is 18.0 Å². The highest BCUT2D eigenvalue weighted by Gasteiger charge is 2.38. The maximum absolute atomic E-state index is 12.3. The van der Waals surface area contributed by atoms with Crippen LogP contribution in [0.4, 0.5) is 13.2 Å². The van der Waals surface area contributed by atoms with Crippen molar-refractivity contribution in [2.75, 3.05) is 13.6 Å². The number of rotatable bonds is 4. The van der Waals surface area contributed by atoms with Gasteiger partial charge in [-0.2, -0.15) is 18.4 Å². The lowest BCUT2D eigenvalue weighted by Gasteiger charge is -2.21. The third-order valence-electron chi connectivity index (χ3n) is 2.97. The number of likely N-dealkylation sites (N-methyl/N-ethyl adjacent to an activating group) is 1. The topological polar surface area (TPSA) is 97.4 Å². The van der Waals surface area contributed by atoms with Gasteiger partial charge in [0.2, 0.25) is 0 Å². The molecule has 0 amide bonds. The van der Waals surface area contributed by atoms with E-state index in [1.807, 2.05) is 6.07 Å². The molecule has 0 radical (unpaired) electrons. The van der Waals surface area contributed by atoms with Crippen molar-refractivity contribution in [3.8, 4) is 6.07 Å². The van der Waals surface area contributed by atoms with Crippen molar-refractivity contribution in [2.45, 2.75) is 18.8 Å². The second kappa shape index (κ2) is 5.78. The third kappa shape index (κ3) is 3.26. The molecule has 2 aromatic rings. The minimum atomic E-state index is -4.71. The van der Waals surface area contributed by atoms with Gasteiger partial charge in [0.1, 0.15) is 11.6 Å². The highest BCUT2D eigenvalue weighted by atomic mass is 19.4.